The van der Waals surface area contributed by atoms with Gasteiger partial charge in [-0.05, 0) is 54.0 Å². The number of hydrogen-bond acceptors (Lipinski definition) is 5. The number of pyridine rings is 1. The number of anilines is 1. The highest BCUT2D eigenvalue weighted by atomic mass is 79.9. The number of nitrogens with one attached hydrogen (secondary N) is 1. The molecule has 3 aromatic heterocycles. The van der Waals surface area contributed by atoms with E-state index in [0.717, 1.165) is 33.7 Å². The zero-order valence-corrected chi connectivity index (χ0v) is 15.8. The number of aromatic nitrogens is 4. The molecule has 7 heteroatoms. The second kappa shape index (κ2) is 7.09. The van der Waals surface area contributed by atoms with Gasteiger partial charge in [0.25, 0.3) is 0 Å². The monoisotopic (exact) mass is 400 g/mol. The molecule has 0 radical (unpaired) electrons. The normalized spacial score (nSPS) is 18.6. The van der Waals surface area contributed by atoms with Crippen molar-refractivity contribution in [1.29, 1.82) is 0 Å². The van der Waals surface area contributed by atoms with Gasteiger partial charge in [0.1, 0.15) is 5.82 Å². The summed E-state index contributed by atoms with van der Waals surface area (Å²) in [6.45, 7) is 2.92. The Bertz CT molecular complexity index is 863. The van der Waals surface area contributed by atoms with E-state index in [-0.39, 0.29) is 0 Å². The standard InChI is InChI=1S/C18H21BrN6/c1-24-7-3-5-14(12-24)16-8-17(21-10-13-4-2-6-20-9-13)25-18(23-16)15(19)11-22-25/h2,4,6,8-9,11,14,21H,3,5,7,10,12H2,1H3. The zero-order valence-electron chi connectivity index (χ0n) is 14.2. The highest BCUT2D eigenvalue weighted by Gasteiger charge is 2.22. The van der Waals surface area contributed by atoms with E-state index in [0.29, 0.717) is 12.5 Å². The number of halogens is 1. The molecule has 25 heavy (non-hydrogen) atoms. The average molecular weight is 401 g/mol. The van der Waals surface area contributed by atoms with E-state index in [1.165, 1.54) is 19.4 Å². The van der Waals surface area contributed by atoms with E-state index in [9.17, 15) is 0 Å². The van der Waals surface area contributed by atoms with Crippen LogP contribution in [0.3, 0.4) is 0 Å². The van der Waals surface area contributed by atoms with Crippen molar-refractivity contribution in [2.45, 2.75) is 25.3 Å². The average Bonchev–Trinajstić information content (AvgIpc) is 3.02. The summed E-state index contributed by atoms with van der Waals surface area (Å²) in [5.74, 6) is 1.42. The Morgan fingerprint density at radius 1 is 1.36 bits per heavy atom. The van der Waals surface area contributed by atoms with Crippen LogP contribution in [0.2, 0.25) is 0 Å². The number of hydrogen-bond donors (Lipinski definition) is 1. The van der Waals surface area contributed by atoms with Gasteiger partial charge in [0.2, 0.25) is 0 Å². The Morgan fingerprint density at radius 3 is 3.08 bits per heavy atom. The lowest BCUT2D eigenvalue weighted by Gasteiger charge is -2.29. The summed E-state index contributed by atoms with van der Waals surface area (Å²) >= 11 is 3.57. The molecule has 4 rings (SSSR count). The number of fused-ring (bicyclic) bond motifs is 1. The molecule has 0 spiro atoms. The highest BCUT2D eigenvalue weighted by Crippen LogP contribution is 2.29. The van der Waals surface area contributed by atoms with Crippen LogP contribution >= 0.6 is 15.9 Å². The van der Waals surface area contributed by atoms with Crippen LogP contribution in [-0.2, 0) is 6.54 Å². The molecule has 0 bridgehead atoms. The second-order valence-electron chi connectivity index (χ2n) is 6.61. The van der Waals surface area contributed by atoms with Crippen molar-refractivity contribution in [3.63, 3.8) is 0 Å². The smallest absolute Gasteiger partial charge is 0.171 e. The van der Waals surface area contributed by atoms with Gasteiger partial charge in [-0.15, -0.1) is 0 Å². The van der Waals surface area contributed by atoms with Gasteiger partial charge in [0.15, 0.2) is 5.65 Å². The molecule has 0 amide bonds. The molecule has 0 aliphatic carbocycles. The minimum Gasteiger partial charge on any atom is -0.366 e. The molecule has 1 fully saturated rings. The third-order valence-corrected chi connectivity index (χ3v) is 5.25. The van der Waals surface area contributed by atoms with Crippen molar-refractivity contribution < 1.29 is 0 Å². The van der Waals surface area contributed by atoms with Gasteiger partial charge in [-0.2, -0.15) is 9.61 Å². The Kier molecular flexibility index (Phi) is 4.67. The highest BCUT2D eigenvalue weighted by molar-refractivity contribution is 9.10. The predicted molar refractivity (Wildman–Crippen MR) is 102 cm³/mol. The first-order valence-corrected chi connectivity index (χ1v) is 9.35. The number of rotatable bonds is 4. The number of likely N-dealkylation sites (tertiary alicyclic amines) is 1. The molecule has 0 saturated carbocycles. The molecule has 0 aromatic carbocycles. The van der Waals surface area contributed by atoms with Gasteiger partial charge in [0.05, 0.1) is 16.4 Å². The van der Waals surface area contributed by atoms with Crippen LogP contribution < -0.4 is 5.32 Å². The van der Waals surface area contributed by atoms with E-state index in [1.807, 2.05) is 16.8 Å². The lowest BCUT2D eigenvalue weighted by molar-refractivity contribution is 0.248. The molecule has 3 aromatic rings. The zero-order chi connectivity index (χ0) is 17.2. The molecular weight excluding hydrogens is 380 g/mol. The van der Waals surface area contributed by atoms with Crippen molar-refractivity contribution in [3.8, 4) is 0 Å². The van der Waals surface area contributed by atoms with Crippen molar-refractivity contribution >= 4 is 27.4 Å². The van der Waals surface area contributed by atoms with Crippen LogP contribution in [-0.4, -0.2) is 44.6 Å². The maximum atomic E-state index is 4.88. The number of nitrogens with zero attached hydrogens (tertiary/aromatic N) is 5. The molecule has 130 valence electrons. The maximum absolute atomic E-state index is 4.88. The van der Waals surface area contributed by atoms with Gasteiger partial charge in [0, 0.05) is 37.5 Å². The van der Waals surface area contributed by atoms with Gasteiger partial charge in [-0.25, -0.2) is 4.98 Å². The van der Waals surface area contributed by atoms with Crippen LogP contribution in [0.4, 0.5) is 5.82 Å². The van der Waals surface area contributed by atoms with Crippen LogP contribution in [0.25, 0.3) is 5.65 Å². The third-order valence-electron chi connectivity index (χ3n) is 4.69. The summed E-state index contributed by atoms with van der Waals surface area (Å²) in [6.07, 6.45) is 7.86. The van der Waals surface area contributed by atoms with E-state index in [4.69, 9.17) is 4.98 Å². The minimum absolute atomic E-state index is 0.462. The van der Waals surface area contributed by atoms with Crippen molar-refractivity contribution in [2.24, 2.45) is 0 Å². The molecule has 1 saturated heterocycles. The molecule has 1 unspecified atom stereocenters. The van der Waals surface area contributed by atoms with E-state index < -0.39 is 0 Å². The summed E-state index contributed by atoms with van der Waals surface area (Å²) in [7, 11) is 2.18. The number of piperidine rings is 1. The first-order chi connectivity index (χ1) is 12.2. The molecule has 1 atom stereocenters. The van der Waals surface area contributed by atoms with Crippen LogP contribution in [0.5, 0.6) is 0 Å². The molecular formula is C18H21BrN6. The largest absolute Gasteiger partial charge is 0.366 e. The summed E-state index contributed by atoms with van der Waals surface area (Å²) in [4.78, 5) is 11.4. The third kappa shape index (κ3) is 3.52. The molecule has 1 aliphatic heterocycles. The van der Waals surface area contributed by atoms with Crippen molar-refractivity contribution in [1.82, 2.24) is 24.5 Å². The summed E-state index contributed by atoms with van der Waals surface area (Å²) in [5.41, 5.74) is 3.13. The van der Waals surface area contributed by atoms with Crippen molar-refractivity contribution in [3.05, 3.63) is 52.5 Å². The fraction of sp³-hybridized carbons (Fsp3) is 0.389. The molecule has 1 N–H and O–H groups in total. The maximum Gasteiger partial charge on any atom is 0.171 e. The van der Waals surface area contributed by atoms with Gasteiger partial charge >= 0.3 is 0 Å². The molecule has 4 heterocycles. The predicted octanol–water partition coefficient (Wildman–Crippen LogP) is 3.31. The summed E-state index contributed by atoms with van der Waals surface area (Å²) < 4.78 is 2.78. The second-order valence-corrected chi connectivity index (χ2v) is 7.46. The quantitative estimate of drug-likeness (QED) is 0.727. The van der Waals surface area contributed by atoms with Crippen LogP contribution in [0.15, 0.2) is 41.3 Å². The first-order valence-electron chi connectivity index (χ1n) is 8.56. The fourth-order valence-corrected chi connectivity index (χ4v) is 3.74. The molecule has 6 nitrogen and oxygen atoms in total. The number of likely N-dealkylation sites (N-methyl/N-ethyl adjacent to an activating group) is 1. The topological polar surface area (TPSA) is 58.4 Å². The van der Waals surface area contributed by atoms with E-state index >= 15 is 0 Å². The summed E-state index contributed by atoms with van der Waals surface area (Å²) in [6, 6.07) is 6.16. The SMILES string of the molecule is CN1CCCC(c2cc(NCc3cccnc3)n3ncc(Br)c3n2)C1. The minimum atomic E-state index is 0.462. The molecule has 1 aliphatic rings. The Labute approximate surface area is 155 Å². The first kappa shape index (κ1) is 16.5. The summed E-state index contributed by atoms with van der Waals surface area (Å²) in [5, 5.41) is 7.94. The Hall–Kier alpha value is -1.99. The van der Waals surface area contributed by atoms with E-state index in [1.54, 1.807) is 12.4 Å². The van der Waals surface area contributed by atoms with Gasteiger partial charge in [-0.3, -0.25) is 4.98 Å². The van der Waals surface area contributed by atoms with Gasteiger partial charge in [-0.1, -0.05) is 6.07 Å². The van der Waals surface area contributed by atoms with Crippen LogP contribution in [0.1, 0.15) is 30.0 Å². The van der Waals surface area contributed by atoms with Crippen molar-refractivity contribution in [2.75, 3.05) is 25.5 Å². The lowest BCUT2D eigenvalue weighted by Crippen LogP contribution is -2.31. The Morgan fingerprint density at radius 2 is 2.28 bits per heavy atom. The fourth-order valence-electron chi connectivity index (χ4n) is 3.39. The van der Waals surface area contributed by atoms with E-state index in [2.05, 4.69) is 55.4 Å². The Balaban J connectivity index is 1.67. The van der Waals surface area contributed by atoms with Gasteiger partial charge < -0.3 is 10.2 Å². The van der Waals surface area contributed by atoms with Crippen LogP contribution in [0, 0.1) is 0 Å². The lowest BCUT2D eigenvalue weighted by atomic mass is 9.95.